The molecule has 84 valence electrons. The Hall–Kier alpha value is 0.531. The monoisotopic (exact) mass is 249 g/mol. The summed E-state index contributed by atoms with van der Waals surface area (Å²) in [5.74, 6) is 0. The minimum atomic E-state index is -1.84. The molecular weight excluding hydrogens is 226 g/mol. The van der Waals surface area contributed by atoms with Gasteiger partial charge in [0.05, 0.1) is 0 Å². The lowest BCUT2D eigenvalue weighted by Gasteiger charge is -2.54. The van der Waals surface area contributed by atoms with Crippen LogP contribution in [0.15, 0.2) is 0 Å². The minimum Gasteiger partial charge on any atom is -0.425 e. The first kappa shape index (κ1) is 12.6. The molecule has 14 heavy (non-hydrogen) atoms. The van der Waals surface area contributed by atoms with Gasteiger partial charge in [0, 0.05) is 0 Å². The fourth-order valence-corrected chi connectivity index (χ4v) is 21.3. The first-order valence-electron chi connectivity index (χ1n) is 5.29. The van der Waals surface area contributed by atoms with E-state index in [1.165, 1.54) is 0 Å². The van der Waals surface area contributed by atoms with E-state index < -0.39 is 25.5 Å². The van der Waals surface area contributed by atoms with Crippen LogP contribution in [-0.4, -0.2) is 36.3 Å². The van der Waals surface area contributed by atoms with Crippen LogP contribution in [0.5, 0.6) is 0 Å². The van der Waals surface area contributed by atoms with Crippen molar-refractivity contribution in [1.29, 1.82) is 0 Å². The van der Waals surface area contributed by atoms with Crippen molar-refractivity contribution in [3.05, 3.63) is 0 Å². The molecular formula is C8H23NO2Si3. The summed E-state index contributed by atoms with van der Waals surface area (Å²) in [6.45, 7) is 16.8. The van der Waals surface area contributed by atoms with E-state index in [4.69, 9.17) is 8.23 Å². The fraction of sp³-hybridized carbons (Fsp3) is 1.00. The normalized spacial score (nSPS) is 30.2. The van der Waals surface area contributed by atoms with E-state index in [2.05, 4.69) is 50.4 Å². The molecule has 0 radical (unpaired) electrons. The summed E-state index contributed by atoms with van der Waals surface area (Å²) >= 11 is 0. The van der Waals surface area contributed by atoms with Crippen molar-refractivity contribution in [3.8, 4) is 0 Å². The van der Waals surface area contributed by atoms with Crippen molar-refractivity contribution >= 4 is 25.5 Å². The van der Waals surface area contributed by atoms with Crippen LogP contribution in [0.25, 0.3) is 0 Å². The van der Waals surface area contributed by atoms with Crippen molar-refractivity contribution < 1.29 is 8.23 Å². The molecule has 1 aliphatic rings. The summed E-state index contributed by atoms with van der Waals surface area (Å²) in [4.78, 5) is 0. The van der Waals surface area contributed by atoms with Crippen molar-refractivity contribution in [2.24, 2.45) is 0 Å². The van der Waals surface area contributed by atoms with E-state index in [1.807, 2.05) is 0 Å². The van der Waals surface area contributed by atoms with Gasteiger partial charge in [-0.2, -0.15) is 0 Å². The molecule has 0 bridgehead atoms. The van der Waals surface area contributed by atoms with Gasteiger partial charge in [-0.15, -0.1) is 0 Å². The molecule has 0 aliphatic carbocycles. The summed E-state index contributed by atoms with van der Waals surface area (Å²) in [5.41, 5.74) is 0. The molecule has 0 unspecified atom stereocenters. The predicted molar refractivity (Wildman–Crippen MR) is 67.0 cm³/mol. The molecule has 0 aromatic rings. The largest absolute Gasteiger partial charge is 0.425 e. The Morgan fingerprint density at radius 1 is 0.857 bits per heavy atom. The lowest BCUT2D eigenvalue weighted by Crippen LogP contribution is -2.74. The molecule has 0 saturated carbocycles. The van der Waals surface area contributed by atoms with Gasteiger partial charge in [0.15, 0.2) is 0 Å². The smallest absolute Gasteiger partial charge is 0.312 e. The Morgan fingerprint density at radius 3 is 1.50 bits per heavy atom. The second-order valence-electron chi connectivity index (χ2n) is 5.24. The molecule has 1 aliphatic heterocycles. The lowest BCUT2D eigenvalue weighted by atomic mass is 10.8. The number of hydrogen-bond donors (Lipinski definition) is 0. The van der Waals surface area contributed by atoms with Gasteiger partial charge < -0.3 is 12.5 Å². The zero-order chi connectivity index (χ0) is 11.2. The van der Waals surface area contributed by atoms with E-state index in [1.54, 1.807) is 0 Å². The van der Waals surface area contributed by atoms with Crippen molar-refractivity contribution in [1.82, 2.24) is 4.23 Å². The number of nitrogens with zero attached hydrogens (tertiary/aromatic N) is 1. The van der Waals surface area contributed by atoms with Crippen LogP contribution in [0.3, 0.4) is 0 Å². The molecule has 0 aromatic carbocycles. The van der Waals surface area contributed by atoms with Crippen LogP contribution in [0.1, 0.15) is 6.92 Å². The zero-order valence-electron chi connectivity index (χ0n) is 10.5. The average molecular weight is 250 g/mol. The summed E-state index contributed by atoms with van der Waals surface area (Å²) in [6, 6.07) is 0. The molecule has 0 aromatic heterocycles. The van der Waals surface area contributed by atoms with Gasteiger partial charge in [0.1, 0.15) is 0 Å². The van der Waals surface area contributed by atoms with Gasteiger partial charge >= 0.3 is 8.56 Å². The maximum atomic E-state index is 6.22. The Balaban J connectivity index is 2.99. The third-order valence-electron chi connectivity index (χ3n) is 2.61. The van der Waals surface area contributed by atoms with Gasteiger partial charge in [-0.1, -0.05) is 6.92 Å². The molecule has 0 amide bonds. The standard InChI is InChI=1S/C8H23NO2Si3/c1-8-9-12(2,3)10-14(6,7)11-13(9,4)5/h8H2,1-7H3. The van der Waals surface area contributed by atoms with Gasteiger partial charge in [-0.3, -0.25) is 0 Å². The average Bonchev–Trinajstić information content (AvgIpc) is 1.76. The number of hydrogen-bond acceptors (Lipinski definition) is 3. The Labute approximate surface area is 91.1 Å². The highest BCUT2D eigenvalue weighted by Crippen LogP contribution is 2.32. The van der Waals surface area contributed by atoms with Crippen LogP contribution in [0.4, 0.5) is 0 Å². The highest BCUT2D eigenvalue weighted by atomic mass is 28.5. The highest BCUT2D eigenvalue weighted by Gasteiger charge is 2.53. The van der Waals surface area contributed by atoms with Crippen molar-refractivity contribution in [2.75, 3.05) is 6.54 Å². The maximum absolute atomic E-state index is 6.22. The molecule has 3 nitrogen and oxygen atoms in total. The fourth-order valence-electron chi connectivity index (χ4n) is 2.74. The first-order chi connectivity index (χ1) is 6.11. The summed E-state index contributed by atoms with van der Waals surface area (Å²) in [5, 5.41) is 0. The molecule has 1 saturated heterocycles. The van der Waals surface area contributed by atoms with E-state index in [9.17, 15) is 0 Å². The molecule has 0 spiro atoms. The van der Waals surface area contributed by atoms with E-state index in [-0.39, 0.29) is 0 Å². The molecule has 0 N–H and O–H groups in total. The van der Waals surface area contributed by atoms with Gasteiger partial charge in [0.25, 0.3) is 17.0 Å². The van der Waals surface area contributed by atoms with E-state index >= 15 is 0 Å². The SMILES string of the molecule is CCN1[Si](C)(C)O[Si](C)(C)O[Si]1(C)C. The summed E-state index contributed by atoms with van der Waals surface area (Å²) < 4.78 is 15.0. The summed E-state index contributed by atoms with van der Waals surface area (Å²) in [7, 11) is -5.16. The third kappa shape index (κ3) is 2.37. The van der Waals surface area contributed by atoms with Crippen LogP contribution < -0.4 is 0 Å². The zero-order valence-corrected chi connectivity index (χ0v) is 13.5. The maximum Gasteiger partial charge on any atom is 0.312 e. The van der Waals surface area contributed by atoms with Gasteiger partial charge in [-0.25, -0.2) is 0 Å². The van der Waals surface area contributed by atoms with Gasteiger partial charge in [0.2, 0.25) is 0 Å². The Kier molecular flexibility index (Phi) is 3.18. The lowest BCUT2D eigenvalue weighted by molar-refractivity contribution is 0.290. The topological polar surface area (TPSA) is 21.7 Å². The quantitative estimate of drug-likeness (QED) is 0.667. The van der Waals surface area contributed by atoms with Gasteiger partial charge in [-0.05, 0) is 45.8 Å². The molecule has 1 rings (SSSR count). The van der Waals surface area contributed by atoms with Crippen molar-refractivity contribution in [3.63, 3.8) is 0 Å². The van der Waals surface area contributed by atoms with E-state index in [0.29, 0.717) is 0 Å². The van der Waals surface area contributed by atoms with Crippen molar-refractivity contribution in [2.45, 2.75) is 46.2 Å². The Bertz CT molecular complexity index is 211. The first-order valence-corrected chi connectivity index (χ1v) is 13.8. The minimum absolute atomic E-state index is 1.06. The third-order valence-corrected chi connectivity index (χ3v) is 17.0. The number of rotatable bonds is 1. The van der Waals surface area contributed by atoms with Crippen LogP contribution >= 0.6 is 0 Å². The van der Waals surface area contributed by atoms with Crippen LogP contribution in [0.2, 0.25) is 39.3 Å². The molecule has 0 atom stereocenters. The second kappa shape index (κ2) is 3.53. The van der Waals surface area contributed by atoms with E-state index in [0.717, 1.165) is 6.54 Å². The second-order valence-corrected chi connectivity index (χ2v) is 17.0. The van der Waals surface area contributed by atoms with Crippen LogP contribution in [0, 0.1) is 0 Å². The highest BCUT2D eigenvalue weighted by molar-refractivity contribution is 6.96. The predicted octanol–water partition coefficient (Wildman–Crippen LogP) is 2.46. The molecule has 1 heterocycles. The van der Waals surface area contributed by atoms with Crippen LogP contribution in [-0.2, 0) is 8.23 Å². The molecule has 1 fully saturated rings. The summed E-state index contributed by atoms with van der Waals surface area (Å²) in [6.07, 6.45) is 0. The molecule has 6 heteroatoms. The Morgan fingerprint density at radius 2 is 1.21 bits per heavy atom.